The molecular formula is C8H19NO2. The van der Waals surface area contributed by atoms with Crippen molar-refractivity contribution < 1.29 is 10.2 Å². The highest BCUT2D eigenvalue weighted by Crippen LogP contribution is 1.94. The summed E-state index contributed by atoms with van der Waals surface area (Å²) in [5, 5.41) is 20.4. The van der Waals surface area contributed by atoms with E-state index in [1.807, 2.05) is 13.8 Å². The molecule has 3 heteroatoms. The molecule has 0 fully saturated rings. The van der Waals surface area contributed by atoms with Gasteiger partial charge in [0.2, 0.25) is 0 Å². The lowest BCUT2D eigenvalue weighted by Crippen LogP contribution is -2.35. The predicted octanol–water partition coefficient (Wildman–Crippen LogP) is 0.118. The minimum Gasteiger partial charge on any atom is -0.396 e. The Morgan fingerprint density at radius 2 is 1.36 bits per heavy atom. The summed E-state index contributed by atoms with van der Waals surface area (Å²) in [7, 11) is 0. The SMILES string of the molecule is CC(CCO)NC(C)CCO. The third-order valence-corrected chi connectivity index (χ3v) is 1.69. The average Bonchev–Trinajstić information content (AvgIpc) is 1.87. The molecule has 0 aliphatic carbocycles. The van der Waals surface area contributed by atoms with Gasteiger partial charge in [-0.05, 0) is 26.7 Å². The molecule has 3 nitrogen and oxygen atoms in total. The van der Waals surface area contributed by atoms with Crippen LogP contribution in [0.15, 0.2) is 0 Å². The van der Waals surface area contributed by atoms with Gasteiger partial charge in [0.25, 0.3) is 0 Å². The Morgan fingerprint density at radius 1 is 1.00 bits per heavy atom. The summed E-state index contributed by atoms with van der Waals surface area (Å²) >= 11 is 0. The monoisotopic (exact) mass is 161 g/mol. The zero-order valence-electron chi connectivity index (χ0n) is 7.38. The normalized spacial score (nSPS) is 16.4. The van der Waals surface area contributed by atoms with Crippen LogP contribution in [0.25, 0.3) is 0 Å². The van der Waals surface area contributed by atoms with E-state index in [1.165, 1.54) is 0 Å². The molecule has 0 aliphatic heterocycles. The zero-order valence-corrected chi connectivity index (χ0v) is 7.38. The van der Waals surface area contributed by atoms with Gasteiger partial charge in [-0.3, -0.25) is 0 Å². The van der Waals surface area contributed by atoms with Gasteiger partial charge in [0.1, 0.15) is 0 Å². The van der Waals surface area contributed by atoms with Crippen LogP contribution >= 0.6 is 0 Å². The highest BCUT2D eigenvalue weighted by Gasteiger charge is 2.04. The summed E-state index contributed by atoms with van der Waals surface area (Å²) in [6.45, 7) is 4.51. The molecule has 0 aromatic rings. The first-order valence-corrected chi connectivity index (χ1v) is 4.18. The molecule has 0 saturated carbocycles. The highest BCUT2D eigenvalue weighted by atomic mass is 16.3. The lowest BCUT2D eigenvalue weighted by Gasteiger charge is -2.18. The predicted molar refractivity (Wildman–Crippen MR) is 45.5 cm³/mol. The standard InChI is InChI=1S/C8H19NO2/c1-7(3-5-10)9-8(2)4-6-11/h7-11H,3-6H2,1-2H3. The molecule has 0 bridgehead atoms. The van der Waals surface area contributed by atoms with Crippen molar-refractivity contribution in [3.63, 3.8) is 0 Å². The summed E-state index contributed by atoms with van der Waals surface area (Å²) < 4.78 is 0. The fourth-order valence-electron chi connectivity index (χ4n) is 1.04. The molecule has 0 heterocycles. The maximum Gasteiger partial charge on any atom is 0.0445 e. The average molecular weight is 161 g/mol. The van der Waals surface area contributed by atoms with E-state index >= 15 is 0 Å². The number of aliphatic hydroxyl groups is 2. The van der Waals surface area contributed by atoms with Crippen LogP contribution in [0.4, 0.5) is 0 Å². The van der Waals surface area contributed by atoms with E-state index < -0.39 is 0 Å². The van der Waals surface area contributed by atoms with Crippen LogP contribution in [-0.2, 0) is 0 Å². The van der Waals surface area contributed by atoms with Gasteiger partial charge in [0.05, 0.1) is 0 Å². The molecule has 0 aliphatic rings. The number of aliphatic hydroxyl groups excluding tert-OH is 2. The molecule has 0 amide bonds. The Hall–Kier alpha value is -0.120. The number of nitrogens with one attached hydrogen (secondary N) is 1. The lowest BCUT2D eigenvalue weighted by atomic mass is 10.2. The molecule has 3 N–H and O–H groups in total. The summed E-state index contributed by atoms with van der Waals surface area (Å²) in [5.41, 5.74) is 0. The van der Waals surface area contributed by atoms with E-state index in [9.17, 15) is 0 Å². The van der Waals surface area contributed by atoms with Crippen molar-refractivity contribution in [2.24, 2.45) is 0 Å². The maximum atomic E-state index is 8.59. The van der Waals surface area contributed by atoms with Crippen molar-refractivity contribution in [3.8, 4) is 0 Å². The minimum atomic E-state index is 0.222. The van der Waals surface area contributed by atoms with Crippen molar-refractivity contribution in [2.45, 2.75) is 38.8 Å². The second kappa shape index (κ2) is 6.58. The molecular weight excluding hydrogens is 142 g/mol. The van der Waals surface area contributed by atoms with Crippen molar-refractivity contribution >= 4 is 0 Å². The largest absolute Gasteiger partial charge is 0.396 e. The molecule has 2 unspecified atom stereocenters. The molecule has 2 atom stereocenters. The molecule has 0 aromatic carbocycles. The van der Waals surface area contributed by atoms with Gasteiger partial charge >= 0.3 is 0 Å². The number of hydrogen-bond donors (Lipinski definition) is 3. The van der Waals surface area contributed by atoms with E-state index in [4.69, 9.17) is 10.2 Å². The van der Waals surface area contributed by atoms with Crippen molar-refractivity contribution in [1.29, 1.82) is 0 Å². The van der Waals surface area contributed by atoms with Gasteiger partial charge < -0.3 is 15.5 Å². The zero-order chi connectivity index (χ0) is 8.69. The Balaban J connectivity index is 3.32. The Kier molecular flexibility index (Phi) is 6.51. The van der Waals surface area contributed by atoms with Crippen LogP contribution in [-0.4, -0.2) is 35.5 Å². The molecule has 0 spiro atoms. The van der Waals surface area contributed by atoms with Crippen molar-refractivity contribution in [3.05, 3.63) is 0 Å². The minimum absolute atomic E-state index is 0.222. The Labute approximate surface area is 68.4 Å². The maximum absolute atomic E-state index is 8.59. The third kappa shape index (κ3) is 6.28. The molecule has 0 aromatic heterocycles. The fourth-order valence-corrected chi connectivity index (χ4v) is 1.04. The van der Waals surface area contributed by atoms with Gasteiger partial charge in [-0.1, -0.05) is 0 Å². The van der Waals surface area contributed by atoms with Gasteiger partial charge in [0, 0.05) is 25.3 Å². The second-order valence-electron chi connectivity index (χ2n) is 2.99. The van der Waals surface area contributed by atoms with Gasteiger partial charge in [-0.15, -0.1) is 0 Å². The quantitative estimate of drug-likeness (QED) is 0.518. The van der Waals surface area contributed by atoms with Crippen molar-refractivity contribution in [2.75, 3.05) is 13.2 Å². The van der Waals surface area contributed by atoms with E-state index in [1.54, 1.807) is 0 Å². The highest BCUT2D eigenvalue weighted by molar-refractivity contribution is 4.66. The first-order valence-electron chi connectivity index (χ1n) is 4.18. The van der Waals surface area contributed by atoms with E-state index in [-0.39, 0.29) is 13.2 Å². The van der Waals surface area contributed by atoms with Gasteiger partial charge in [0.15, 0.2) is 0 Å². The number of hydrogen-bond acceptors (Lipinski definition) is 3. The molecule has 0 rings (SSSR count). The molecule has 0 saturated heterocycles. The van der Waals surface area contributed by atoms with E-state index in [2.05, 4.69) is 5.32 Å². The van der Waals surface area contributed by atoms with Crippen molar-refractivity contribution in [1.82, 2.24) is 5.32 Å². The second-order valence-corrected chi connectivity index (χ2v) is 2.99. The van der Waals surface area contributed by atoms with Crippen LogP contribution in [0.5, 0.6) is 0 Å². The van der Waals surface area contributed by atoms with Gasteiger partial charge in [-0.2, -0.15) is 0 Å². The smallest absolute Gasteiger partial charge is 0.0445 e. The Morgan fingerprint density at radius 3 is 1.64 bits per heavy atom. The third-order valence-electron chi connectivity index (χ3n) is 1.69. The topological polar surface area (TPSA) is 52.5 Å². The summed E-state index contributed by atoms with van der Waals surface area (Å²) in [6, 6.07) is 0.670. The van der Waals surface area contributed by atoms with Crippen LogP contribution < -0.4 is 5.32 Å². The summed E-state index contributed by atoms with van der Waals surface area (Å²) in [5.74, 6) is 0. The number of rotatable bonds is 6. The molecule has 11 heavy (non-hydrogen) atoms. The van der Waals surface area contributed by atoms with Crippen LogP contribution in [0.3, 0.4) is 0 Å². The van der Waals surface area contributed by atoms with Crippen LogP contribution in [0, 0.1) is 0 Å². The Bertz CT molecular complexity index is 78.2. The molecule has 68 valence electrons. The summed E-state index contributed by atoms with van der Waals surface area (Å²) in [6.07, 6.45) is 1.55. The molecule has 0 radical (unpaired) electrons. The van der Waals surface area contributed by atoms with E-state index in [0.717, 1.165) is 12.8 Å². The van der Waals surface area contributed by atoms with Crippen LogP contribution in [0.2, 0.25) is 0 Å². The van der Waals surface area contributed by atoms with E-state index in [0.29, 0.717) is 12.1 Å². The lowest BCUT2D eigenvalue weighted by molar-refractivity contribution is 0.244. The van der Waals surface area contributed by atoms with Gasteiger partial charge in [-0.25, -0.2) is 0 Å². The fraction of sp³-hybridized carbons (Fsp3) is 1.00. The first kappa shape index (κ1) is 10.9. The van der Waals surface area contributed by atoms with Crippen LogP contribution in [0.1, 0.15) is 26.7 Å². The first-order chi connectivity index (χ1) is 5.20. The summed E-state index contributed by atoms with van der Waals surface area (Å²) in [4.78, 5) is 0.